The highest BCUT2D eigenvalue weighted by atomic mass is 79.9. The summed E-state index contributed by atoms with van der Waals surface area (Å²) < 4.78 is 0.181. The van der Waals surface area contributed by atoms with E-state index in [1.54, 1.807) is 30.3 Å². The summed E-state index contributed by atoms with van der Waals surface area (Å²) >= 11 is 3.19. The normalized spacial score (nSPS) is 13.0. The van der Waals surface area contributed by atoms with Crippen molar-refractivity contribution >= 4 is 50.1 Å². The average Bonchev–Trinajstić information content (AvgIpc) is 2.70. The predicted octanol–water partition coefficient (Wildman–Crippen LogP) is 3.76. The Morgan fingerprint density at radius 3 is 2.45 bits per heavy atom. The van der Waals surface area contributed by atoms with E-state index >= 15 is 0 Å². The molecule has 0 saturated carbocycles. The summed E-state index contributed by atoms with van der Waals surface area (Å²) in [5, 5.41) is 12.7. The number of carbonyl (C=O) groups is 3. The van der Waals surface area contributed by atoms with Crippen LogP contribution < -0.4 is 5.43 Å². The predicted molar refractivity (Wildman–Crippen MR) is 107 cm³/mol. The van der Waals surface area contributed by atoms with Gasteiger partial charge in [-0.15, -0.1) is 0 Å². The van der Waals surface area contributed by atoms with Crippen molar-refractivity contribution in [3.63, 3.8) is 0 Å². The van der Waals surface area contributed by atoms with Crippen LogP contribution in [0.2, 0.25) is 0 Å². The van der Waals surface area contributed by atoms with E-state index in [1.165, 1.54) is 6.07 Å². The largest absolute Gasteiger partial charge is 0.284 e. The van der Waals surface area contributed by atoms with Gasteiger partial charge in [0.05, 0.1) is 16.1 Å². The van der Waals surface area contributed by atoms with Crippen LogP contribution in [-0.4, -0.2) is 27.7 Å². The van der Waals surface area contributed by atoms with Crippen LogP contribution in [0.3, 0.4) is 0 Å². The Balaban J connectivity index is 1.83. The fourth-order valence-electron chi connectivity index (χ4n) is 3.30. The number of halogens is 1. The summed E-state index contributed by atoms with van der Waals surface area (Å²) in [6.07, 6.45) is 0. The summed E-state index contributed by atoms with van der Waals surface area (Å²) in [4.78, 5) is 49.3. The van der Waals surface area contributed by atoms with Crippen molar-refractivity contribution in [3.05, 3.63) is 85.4 Å². The maximum absolute atomic E-state index is 13.0. The second-order valence-electron chi connectivity index (χ2n) is 6.50. The van der Waals surface area contributed by atoms with Gasteiger partial charge in [-0.05, 0) is 41.1 Å². The molecule has 0 unspecified atom stereocenters. The molecule has 1 aliphatic heterocycles. The van der Waals surface area contributed by atoms with Gasteiger partial charge < -0.3 is 0 Å². The minimum Gasteiger partial charge on any atom is -0.267 e. The number of benzene rings is 3. The summed E-state index contributed by atoms with van der Waals surface area (Å²) in [7, 11) is 0. The lowest BCUT2D eigenvalue weighted by atomic mass is 9.94. The van der Waals surface area contributed by atoms with E-state index in [0.29, 0.717) is 15.8 Å². The van der Waals surface area contributed by atoms with Crippen molar-refractivity contribution in [3.8, 4) is 0 Å². The maximum atomic E-state index is 13.0. The molecule has 1 N–H and O–H groups in total. The molecule has 0 atom stereocenters. The van der Waals surface area contributed by atoms with Gasteiger partial charge in [0, 0.05) is 22.4 Å². The Bertz CT molecular complexity index is 1250. The molecular formula is C20H12BrN3O5. The van der Waals surface area contributed by atoms with Crippen LogP contribution in [0.25, 0.3) is 10.8 Å². The first-order chi connectivity index (χ1) is 13.8. The van der Waals surface area contributed by atoms with Gasteiger partial charge in [0.15, 0.2) is 0 Å². The molecule has 3 aromatic carbocycles. The minimum atomic E-state index is -0.838. The molecule has 3 aromatic rings. The SMILES string of the molecule is Cc1cccc(C(=O)NN2C(=O)c3cccc4c(Br)c([N+](=O)[O-])cc(c34)C2=O)c1. The Hall–Kier alpha value is -3.59. The number of hydrogen-bond donors (Lipinski definition) is 1. The lowest BCUT2D eigenvalue weighted by Crippen LogP contribution is -2.51. The number of carbonyl (C=O) groups excluding carboxylic acids is 3. The number of hydrazine groups is 1. The van der Waals surface area contributed by atoms with Gasteiger partial charge in [0.2, 0.25) is 0 Å². The Morgan fingerprint density at radius 1 is 1.07 bits per heavy atom. The second-order valence-corrected chi connectivity index (χ2v) is 7.29. The van der Waals surface area contributed by atoms with E-state index in [9.17, 15) is 24.5 Å². The molecule has 29 heavy (non-hydrogen) atoms. The van der Waals surface area contributed by atoms with Crippen LogP contribution in [0.5, 0.6) is 0 Å². The quantitative estimate of drug-likeness (QED) is 0.368. The topological polar surface area (TPSA) is 110 Å². The molecule has 0 aromatic heterocycles. The van der Waals surface area contributed by atoms with E-state index in [1.807, 2.05) is 13.0 Å². The maximum Gasteiger partial charge on any atom is 0.284 e. The third kappa shape index (κ3) is 2.95. The van der Waals surface area contributed by atoms with Crippen molar-refractivity contribution in [1.82, 2.24) is 10.4 Å². The number of aryl methyl sites for hydroxylation is 1. The molecule has 8 nitrogen and oxygen atoms in total. The van der Waals surface area contributed by atoms with Gasteiger partial charge in [0.1, 0.15) is 4.47 Å². The van der Waals surface area contributed by atoms with Crippen molar-refractivity contribution in [2.75, 3.05) is 0 Å². The number of hydrogen-bond acceptors (Lipinski definition) is 5. The van der Waals surface area contributed by atoms with Gasteiger partial charge in [-0.1, -0.05) is 29.8 Å². The number of nitro benzene ring substituents is 1. The van der Waals surface area contributed by atoms with Crippen molar-refractivity contribution in [2.45, 2.75) is 6.92 Å². The Kier molecular flexibility index (Phi) is 4.39. The highest BCUT2D eigenvalue weighted by Gasteiger charge is 2.37. The van der Waals surface area contributed by atoms with Crippen LogP contribution in [-0.2, 0) is 0 Å². The lowest BCUT2D eigenvalue weighted by molar-refractivity contribution is -0.385. The van der Waals surface area contributed by atoms with Crippen LogP contribution in [0, 0.1) is 17.0 Å². The standard InChI is InChI=1S/C20H12BrN3O5/c1-10-4-2-5-11(8-10)18(25)22-23-19(26)13-7-3-6-12-16(13)14(20(23)27)9-15(17(12)21)24(28)29/h2-9H,1H3,(H,22,25). The van der Waals surface area contributed by atoms with Crippen molar-refractivity contribution in [1.29, 1.82) is 0 Å². The number of imide groups is 1. The zero-order valence-electron chi connectivity index (χ0n) is 14.9. The molecule has 1 heterocycles. The molecule has 0 fully saturated rings. The Morgan fingerprint density at radius 2 is 1.76 bits per heavy atom. The van der Waals surface area contributed by atoms with Crippen molar-refractivity contribution in [2.24, 2.45) is 0 Å². The lowest BCUT2D eigenvalue weighted by Gasteiger charge is -2.27. The summed E-state index contributed by atoms with van der Waals surface area (Å²) in [6.45, 7) is 1.81. The number of rotatable bonds is 3. The monoisotopic (exact) mass is 453 g/mol. The van der Waals surface area contributed by atoms with Gasteiger partial charge in [0.25, 0.3) is 23.4 Å². The zero-order valence-corrected chi connectivity index (χ0v) is 16.5. The van der Waals surface area contributed by atoms with E-state index in [4.69, 9.17) is 0 Å². The molecule has 4 rings (SSSR count). The van der Waals surface area contributed by atoms with Gasteiger partial charge in [-0.25, -0.2) is 0 Å². The first kappa shape index (κ1) is 18.8. The van der Waals surface area contributed by atoms with Gasteiger partial charge in [-0.3, -0.25) is 29.9 Å². The second kappa shape index (κ2) is 6.78. The number of nitrogens with one attached hydrogen (secondary N) is 1. The molecule has 9 heteroatoms. The molecule has 1 aliphatic rings. The highest BCUT2D eigenvalue weighted by Crippen LogP contribution is 2.39. The summed E-state index contributed by atoms with van der Waals surface area (Å²) in [6, 6.07) is 12.4. The number of amides is 3. The van der Waals surface area contributed by atoms with E-state index in [2.05, 4.69) is 21.4 Å². The van der Waals surface area contributed by atoms with E-state index in [-0.39, 0.29) is 26.9 Å². The molecule has 0 spiro atoms. The van der Waals surface area contributed by atoms with Gasteiger partial charge >= 0.3 is 0 Å². The van der Waals surface area contributed by atoms with E-state index in [0.717, 1.165) is 11.6 Å². The highest BCUT2D eigenvalue weighted by molar-refractivity contribution is 9.10. The smallest absolute Gasteiger partial charge is 0.267 e. The summed E-state index contributed by atoms with van der Waals surface area (Å²) in [5.74, 6) is -2.19. The van der Waals surface area contributed by atoms with Crippen LogP contribution in [0.1, 0.15) is 36.6 Å². The first-order valence-electron chi connectivity index (χ1n) is 8.45. The molecule has 3 amide bonds. The molecule has 0 bridgehead atoms. The molecule has 0 radical (unpaired) electrons. The number of nitro groups is 1. The van der Waals surface area contributed by atoms with Crippen LogP contribution >= 0.6 is 15.9 Å². The fourth-order valence-corrected chi connectivity index (χ4v) is 3.89. The molecule has 144 valence electrons. The fraction of sp³-hybridized carbons (Fsp3) is 0.0500. The molecular weight excluding hydrogens is 442 g/mol. The van der Waals surface area contributed by atoms with Crippen molar-refractivity contribution < 1.29 is 19.3 Å². The first-order valence-corrected chi connectivity index (χ1v) is 9.25. The Labute approximate surface area is 172 Å². The minimum absolute atomic E-state index is 0.0327. The van der Waals surface area contributed by atoms with Crippen LogP contribution in [0.4, 0.5) is 5.69 Å². The third-order valence-electron chi connectivity index (χ3n) is 4.63. The van der Waals surface area contributed by atoms with E-state index < -0.39 is 22.6 Å². The molecule has 0 saturated heterocycles. The molecule has 0 aliphatic carbocycles. The van der Waals surface area contributed by atoms with Crippen LogP contribution in [0.15, 0.2) is 53.0 Å². The zero-order chi connectivity index (χ0) is 20.9. The average molecular weight is 454 g/mol. The van der Waals surface area contributed by atoms with Gasteiger partial charge in [-0.2, -0.15) is 5.01 Å². The summed E-state index contributed by atoms with van der Waals surface area (Å²) in [5.41, 5.74) is 3.26. The third-order valence-corrected chi connectivity index (χ3v) is 5.47. The number of nitrogens with zero attached hydrogens (tertiary/aromatic N) is 2.